The zero-order valence-electron chi connectivity index (χ0n) is 15.1. The van der Waals surface area contributed by atoms with Crippen LogP contribution >= 0.6 is 0 Å². The van der Waals surface area contributed by atoms with Gasteiger partial charge in [0.15, 0.2) is 11.2 Å². The number of carbonyl (C=O) groups excluding carboxylic acids is 2. The van der Waals surface area contributed by atoms with Gasteiger partial charge in [-0.1, -0.05) is 30.3 Å². The van der Waals surface area contributed by atoms with Crippen LogP contribution in [0.3, 0.4) is 0 Å². The van der Waals surface area contributed by atoms with E-state index in [-0.39, 0.29) is 30.6 Å². The van der Waals surface area contributed by atoms with Crippen LogP contribution in [0.2, 0.25) is 0 Å². The first-order valence-electron chi connectivity index (χ1n) is 8.66. The number of anilines is 1. The number of nitrogen functional groups attached to an aromatic ring is 1. The maximum atomic E-state index is 13.7. The summed E-state index contributed by atoms with van der Waals surface area (Å²) in [7, 11) is 0. The lowest BCUT2D eigenvalue weighted by Gasteiger charge is -2.26. The van der Waals surface area contributed by atoms with E-state index in [9.17, 15) is 9.59 Å². The van der Waals surface area contributed by atoms with Gasteiger partial charge in [0.25, 0.3) is 6.01 Å². The van der Waals surface area contributed by atoms with Crippen molar-refractivity contribution in [1.82, 2.24) is 9.88 Å². The molecule has 2 aliphatic rings. The van der Waals surface area contributed by atoms with Gasteiger partial charge in [0.2, 0.25) is 5.91 Å². The van der Waals surface area contributed by atoms with Gasteiger partial charge in [-0.3, -0.25) is 4.79 Å². The lowest BCUT2D eigenvalue weighted by Crippen LogP contribution is -2.42. The Morgan fingerprint density at radius 1 is 1.44 bits per heavy atom. The van der Waals surface area contributed by atoms with Crippen molar-refractivity contribution in [3.05, 3.63) is 59.4 Å². The van der Waals surface area contributed by atoms with Gasteiger partial charge in [-0.2, -0.15) is 4.98 Å². The quantitative estimate of drug-likeness (QED) is 0.660. The van der Waals surface area contributed by atoms with Crippen LogP contribution < -0.4 is 5.73 Å². The Kier molecular flexibility index (Phi) is 3.69. The summed E-state index contributed by atoms with van der Waals surface area (Å²) in [5, 5.41) is 0. The highest BCUT2D eigenvalue weighted by atomic mass is 16.5. The van der Waals surface area contributed by atoms with Crippen LogP contribution in [-0.2, 0) is 19.7 Å². The van der Waals surface area contributed by atoms with Crippen molar-refractivity contribution in [2.45, 2.75) is 19.3 Å². The number of hydrogen-bond acceptors (Lipinski definition) is 6. The van der Waals surface area contributed by atoms with Gasteiger partial charge in [-0.05, 0) is 19.4 Å². The van der Waals surface area contributed by atoms with Gasteiger partial charge in [0.05, 0.1) is 12.2 Å². The molecule has 7 heteroatoms. The average Bonchev–Trinajstić information content (AvgIpc) is 3.22. The molecule has 1 atom stereocenters. The Labute approximate surface area is 156 Å². The Morgan fingerprint density at radius 2 is 2.19 bits per heavy atom. The molecule has 1 aliphatic heterocycles. The minimum absolute atomic E-state index is 0.0512. The van der Waals surface area contributed by atoms with Crippen molar-refractivity contribution < 1.29 is 18.7 Å². The first-order valence-corrected chi connectivity index (χ1v) is 8.66. The van der Waals surface area contributed by atoms with Crippen molar-refractivity contribution in [2.75, 3.05) is 18.9 Å². The first kappa shape index (κ1) is 17.1. The Balaban J connectivity index is 2.09. The summed E-state index contributed by atoms with van der Waals surface area (Å²) in [5.74, 6) is -0.437. The molecule has 0 saturated carbocycles. The van der Waals surface area contributed by atoms with Crippen molar-refractivity contribution >= 4 is 17.9 Å². The molecule has 138 valence electrons. The number of aromatic nitrogens is 1. The van der Waals surface area contributed by atoms with E-state index >= 15 is 0 Å². The third-order valence-corrected chi connectivity index (χ3v) is 5.07. The van der Waals surface area contributed by atoms with E-state index in [4.69, 9.17) is 14.9 Å². The Bertz CT molecular complexity index is 1020. The molecule has 2 heterocycles. The highest BCUT2D eigenvalue weighted by Gasteiger charge is 2.63. The van der Waals surface area contributed by atoms with Crippen LogP contribution in [-0.4, -0.2) is 34.9 Å². The zero-order valence-corrected chi connectivity index (χ0v) is 15.1. The van der Waals surface area contributed by atoms with E-state index in [1.165, 1.54) is 4.90 Å². The summed E-state index contributed by atoms with van der Waals surface area (Å²) in [6.07, 6.45) is 1.61. The standard InChI is InChI=1S/C20H19N3O4/c1-4-10-23-11(3)14(17(24)26-5-2)20(18(23)25)13-9-7-6-8-12(13)15-16(20)22-19(21)27-15/h4,6-9H,1,5,10H2,2-3H3,(H2,21,22)/t20-/m0/s1. The monoisotopic (exact) mass is 365 g/mol. The molecule has 0 bridgehead atoms. The largest absolute Gasteiger partial charge is 0.463 e. The number of fused-ring (bicyclic) bond motifs is 5. The number of esters is 1. The number of benzene rings is 1. The topological polar surface area (TPSA) is 98.7 Å². The van der Waals surface area contributed by atoms with Crippen molar-refractivity contribution in [3.63, 3.8) is 0 Å². The highest BCUT2D eigenvalue weighted by molar-refractivity contribution is 6.14. The van der Waals surface area contributed by atoms with Crippen molar-refractivity contribution in [1.29, 1.82) is 0 Å². The van der Waals surface area contributed by atoms with Crippen LogP contribution in [0.4, 0.5) is 6.01 Å². The van der Waals surface area contributed by atoms with E-state index in [0.29, 0.717) is 28.3 Å². The van der Waals surface area contributed by atoms with Crippen molar-refractivity contribution in [2.24, 2.45) is 0 Å². The summed E-state index contributed by atoms with van der Waals surface area (Å²) >= 11 is 0. The summed E-state index contributed by atoms with van der Waals surface area (Å²) in [6.45, 7) is 7.63. The number of nitrogens with zero attached hydrogens (tertiary/aromatic N) is 2. The first-order chi connectivity index (χ1) is 13.0. The second kappa shape index (κ2) is 5.84. The molecule has 0 unspecified atom stereocenters. The predicted molar refractivity (Wildman–Crippen MR) is 98.4 cm³/mol. The molecule has 1 aromatic carbocycles. The fraction of sp³-hybridized carbons (Fsp3) is 0.250. The van der Waals surface area contributed by atoms with Crippen molar-refractivity contribution in [3.8, 4) is 11.3 Å². The molecule has 1 amide bonds. The number of hydrogen-bond donors (Lipinski definition) is 1. The fourth-order valence-corrected chi connectivity index (χ4v) is 4.10. The second-order valence-corrected chi connectivity index (χ2v) is 6.41. The molecule has 1 spiro atoms. The maximum absolute atomic E-state index is 13.7. The smallest absolute Gasteiger partial charge is 0.337 e. The number of carbonyl (C=O) groups is 2. The average molecular weight is 365 g/mol. The SMILES string of the molecule is C=CCN1C(=O)[C@]2(C(C(=O)OCC)=C1C)c1ccccc1-c1oc(N)nc12. The summed E-state index contributed by atoms with van der Waals surface area (Å²) in [4.78, 5) is 32.5. The molecule has 2 N–H and O–H groups in total. The molecular formula is C20H19N3O4. The molecule has 4 rings (SSSR count). The maximum Gasteiger partial charge on any atom is 0.337 e. The molecule has 7 nitrogen and oxygen atoms in total. The number of allylic oxidation sites excluding steroid dienone is 1. The number of rotatable bonds is 4. The van der Waals surface area contributed by atoms with E-state index in [1.54, 1.807) is 19.9 Å². The minimum atomic E-state index is -1.42. The molecule has 1 aromatic heterocycles. The molecule has 0 saturated heterocycles. The lowest BCUT2D eigenvalue weighted by molar-refractivity contribution is -0.140. The number of ether oxygens (including phenoxy) is 1. The number of amides is 1. The minimum Gasteiger partial charge on any atom is -0.463 e. The van der Waals surface area contributed by atoms with Crippen LogP contribution in [0.5, 0.6) is 0 Å². The van der Waals surface area contributed by atoms with E-state index < -0.39 is 11.4 Å². The third kappa shape index (κ3) is 1.99. The van der Waals surface area contributed by atoms with Gasteiger partial charge in [0, 0.05) is 17.8 Å². The van der Waals surface area contributed by atoms with E-state index in [2.05, 4.69) is 11.6 Å². The van der Waals surface area contributed by atoms with E-state index in [0.717, 1.165) is 0 Å². The predicted octanol–water partition coefficient (Wildman–Crippen LogP) is 2.39. The molecule has 1 aliphatic carbocycles. The molecule has 0 fully saturated rings. The van der Waals surface area contributed by atoms with Gasteiger partial charge >= 0.3 is 5.97 Å². The van der Waals surface area contributed by atoms with Crippen LogP contribution in [0.1, 0.15) is 25.1 Å². The van der Waals surface area contributed by atoms with Crippen LogP contribution in [0.25, 0.3) is 11.3 Å². The zero-order chi connectivity index (χ0) is 19.3. The number of oxazole rings is 1. The molecular weight excluding hydrogens is 346 g/mol. The van der Waals surface area contributed by atoms with Gasteiger partial charge < -0.3 is 19.8 Å². The van der Waals surface area contributed by atoms with E-state index in [1.807, 2.05) is 24.3 Å². The molecule has 0 radical (unpaired) electrons. The summed E-state index contributed by atoms with van der Waals surface area (Å²) < 4.78 is 10.9. The van der Waals surface area contributed by atoms with Gasteiger partial charge in [-0.25, -0.2) is 4.79 Å². The summed E-state index contributed by atoms with van der Waals surface area (Å²) in [6, 6.07) is 7.24. The normalized spacial score (nSPS) is 20.2. The summed E-state index contributed by atoms with van der Waals surface area (Å²) in [5.41, 5.74) is 6.81. The second-order valence-electron chi connectivity index (χ2n) is 6.41. The molecule has 27 heavy (non-hydrogen) atoms. The molecule has 2 aromatic rings. The van der Waals surface area contributed by atoms with Gasteiger partial charge in [-0.15, -0.1) is 6.58 Å². The third-order valence-electron chi connectivity index (χ3n) is 5.07. The lowest BCUT2D eigenvalue weighted by atomic mass is 9.74. The fourth-order valence-electron chi connectivity index (χ4n) is 4.10. The van der Waals surface area contributed by atoms with Gasteiger partial charge in [0.1, 0.15) is 5.69 Å². The van der Waals surface area contributed by atoms with Crippen LogP contribution in [0, 0.1) is 0 Å². The highest BCUT2D eigenvalue weighted by Crippen LogP contribution is 2.57. The Morgan fingerprint density at radius 3 is 2.89 bits per heavy atom. The number of nitrogens with two attached hydrogens (primary N) is 1. The van der Waals surface area contributed by atoms with Crippen LogP contribution in [0.15, 0.2) is 52.6 Å². The Hall–Kier alpha value is -3.35.